The summed E-state index contributed by atoms with van der Waals surface area (Å²) in [6.07, 6.45) is 0. The van der Waals surface area contributed by atoms with E-state index >= 15 is 0 Å². The lowest BCUT2D eigenvalue weighted by atomic mass is 9.84. The first-order valence-electron chi connectivity index (χ1n) is 20.7. The molecule has 0 atom stereocenters. The Kier molecular flexibility index (Phi) is 8.60. The lowest BCUT2D eigenvalue weighted by molar-refractivity contribution is 1.27. The van der Waals surface area contributed by atoms with Crippen molar-refractivity contribution in [1.29, 1.82) is 0 Å². The summed E-state index contributed by atoms with van der Waals surface area (Å²) in [6, 6.07) is 79.7. The summed E-state index contributed by atoms with van der Waals surface area (Å²) in [6.45, 7) is 6.88. The molecular formula is C59H41N. The SMILES string of the molecule is C=C(c1ccc(-c2ccc3c(-c4ccc5cc6ccccc6cc5c4)c4ccccc4c(-c4ccccc4)c3c2)cc1)N(c1ccc2ccccc2c1)c1ccccc1C. The molecule has 0 aromatic heterocycles. The zero-order valence-corrected chi connectivity index (χ0v) is 33.4. The number of para-hydroxylation sites is 1. The average Bonchev–Trinajstić information content (AvgIpc) is 3.30. The van der Waals surface area contributed by atoms with Gasteiger partial charge in [-0.1, -0.05) is 183 Å². The van der Waals surface area contributed by atoms with E-state index < -0.39 is 0 Å². The van der Waals surface area contributed by atoms with Crippen molar-refractivity contribution in [2.75, 3.05) is 4.90 Å². The molecule has 0 saturated carbocycles. The summed E-state index contributed by atoms with van der Waals surface area (Å²) in [7, 11) is 0. The van der Waals surface area contributed by atoms with Crippen molar-refractivity contribution < 1.29 is 0 Å². The fourth-order valence-corrected chi connectivity index (χ4v) is 9.23. The molecule has 0 radical (unpaired) electrons. The van der Waals surface area contributed by atoms with Gasteiger partial charge in [-0.05, 0) is 148 Å². The molecule has 11 aromatic carbocycles. The Morgan fingerprint density at radius 2 is 0.883 bits per heavy atom. The molecule has 0 aliphatic rings. The van der Waals surface area contributed by atoms with Crippen LogP contribution < -0.4 is 4.90 Å². The Hall–Kier alpha value is -7.74. The van der Waals surface area contributed by atoms with Crippen LogP contribution >= 0.6 is 0 Å². The van der Waals surface area contributed by atoms with E-state index in [9.17, 15) is 0 Å². The summed E-state index contributed by atoms with van der Waals surface area (Å²) in [5, 5.41) is 12.4. The molecule has 0 fully saturated rings. The predicted octanol–water partition coefficient (Wildman–Crippen LogP) is 16.6. The van der Waals surface area contributed by atoms with E-state index in [1.165, 1.54) is 87.2 Å². The Bertz CT molecular complexity index is 3450. The van der Waals surface area contributed by atoms with Gasteiger partial charge in [0.2, 0.25) is 0 Å². The molecule has 11 aromatic rings. The van der Waals surface area contributed by atoms with Crippen molar-refractivity contribution in [3.05, 3.63) is 236 Å². The molecule has 11 rings (SSSR count). The van der Waals surface area contributed by atoms with Gasteiger partial charge in [-0.25, -0.2) is 0 Å². The van der Waals surface area contributed by atoms with E-state index in [1.54, 1.807) is 0 Å². The highest BCUT2D eigenvalue weighted by atomic mass is 15.1. The van der Waals surface area contributed by atoms with Gasteiger partial charge >= 0.3 is 0 Å². The molecule has 0 spiro atoms. The summed E-state index contributed by atoms with van der Waals surface area (Å²) in [4.78, 5) is 2.29. The van der Waals surface area contributed by atoms with Gasteiger partial charge in [-0.15, -0.1) is 0 Å². The number of hydrogen-bond acceptors (Lipinski definition) is 1. The minimum Gasteiger partial charge on any atom is -0.310 e. The third-order valence-electron chi connectivity index (χ3n) is 12.2. The molecule has 0 heterocycles. The van der Waals surface area contributed by atoms with Crippen LogP contribution in [-0.2, 0) is 0 Å². The van der Waals surface area contributed by atoms with Gasteiger partial charge in [0.1, 0.15) is 0 Å². The second-order valence-corrected chi connectivity index (χ2v) is 15.9. The van der Waals surface area contributed by atoms with Gasteiger partial charge in [-0.3, -0.25) is 0 Å². The smallest absolute Gasteiger partial charge is 0.0490 e. The number of anilines is 2. The minimum absolute atomic E-state index is 0.926. The molecule has 0 aliphatic heterocycles. The molecule has 60 heavy (non-hydrogen) atoms. The first-order chi connectivity index (χ1) is 29.6. The molecule has 0 N–H and O–H groups in total. The highest BCUT2D eigenvalue weighted by molar-refractivity contribution is 6.22. The summed E-state index contributed by atoms with van der Waals surface area (Å²) >= 11 is 0. The first kappa shape index (κ1) is 35.4. The molecular weight excluding hydrogens is 723 g/mol. The Labute approximate surface area is 350 Å². The Morgan fingerprint density at radius 1 is 0.350 bits per heavy atom. The van der Waals surface area contributed by atoms with Crippen LogP contribution in [0.25, 0.3) is 92.9 Å². The third-order valence-corrected chi connectivity index (χ3v) is 12.2. The quantitative estimate of drug-likeness (QED) is 0.146. The highest BCUT2D eigenvalue weighted by Crippen LogP contribution is 2.46. The number of fused-ring (bicyclic) bond motifs is 5. The fraction of sp³-hybridized carbons (Fsp3) is 0.0169. The number of rotatable bonds is 7. The average molecular weight is 764 g/mol. The van der Waals surface area contributed by atoms with Crippen molar-refractivity contribution in [2.24, 2.45) is 0 Å². The van der Waals surface area contributed by atoms with E-state index in [0.717, 1.165) is 28.2 Å². The molecule has 0 unspecified atom stereocenters. The van der Waals surface area contributed by atoms with Gasteiger partial charge < -0.3 is 4.90 Å². The maximum atomic E-state index is 4.71. The summed E-state index contributed by atoms with van der Waals surface area (Å²) in [5.74, 6) is 0. The molecule has 1 nitrogen and oxygen atoms in total. The van der Waals surface area contributed by atoms with Crippen LogP contribution in [-0.4, -0.2) is 0 Å². The normalized spacial score (nSPS) is 11.5. The highest BCUT2D eigenvalue weighted by Gasteiger charge is 2.20. The van der Waals surface area contributed by atoms with Crippen molar-refractivity contribution in [1.82, 2.24) is 0 Å². The van der Waals surface area contributed by atoms with E-state index in [-0.39, 0.29) is 0 Å². The number of nitrogens with zero attached hydrogens (tertiary/aromatic N) is 1. The Morgan fingerprint density at radius 3 is 1.62 bits per heavy atom. The molecule has 0 saturated heterocycles. The standard InChI is InChI=1S/C59H41N/c1-39-14-6-13-23-57(39)60(52-32-30-42-15-7-8-20-47(42)37-52)40(2)41-24-26-43(27-25-41)49-31-33-55-56(38-49)58(44-16-4-3-5-17-44)53-21-11-12-22-54(53)59(55)50-29-28-48-34-45-18-9-10-19-46(45)35-51(48)36-50/h3-38H,2H2,1H3. The van der Waals surface area contributed by atoms with E-state index in [0.29, 0.717) is 0 Å². The number of hydrogen-bond donors (Lipinski definition) is 0. The number of aryl methyl sites for hydroxylation is 1. The van der Waals surface area contributed by atoms with E-state index in [2.05, 4.69) is 230 Å². The van der Waals surface area contributed by atoms with Crippen LogP contribution in [0.3, 0.4) is 0 Å². The monoisotopic (exact) mass is 763 g/mol. The van der Waals surface area contributed by atoms with Crippen LogP contribution in [0, 0.1) is 6.92 Å². The van der Waals surface area contributed by atoms with Crippen molar-refractivity contribution in [2.45, 2.75) is 6.92 Å². The predicted molar refractivity (Wildman–Crippen MR) is 259 cm³/mol. The van der Waals surface area contributed by atoms with Crippen molar-refractivity contribution in [3.8, 4) is 33.4 Å². The maximum absolute atomic E-state index is 4.71. The van der Waals surface area contributed by atoms with Crippen LogP contribution in [0.15, 0.2) is 225 Å². The topological polar surface area (TPSA) is 3.24 Å². The van der Waals surface area contributed by atoms with E-state index in [1.807, 2.05) is 0 Å². The minimum atomic E-state index is 0.926. The molecule has 282 valence electrons. The molecule has 0 bridgehead atoms. The van der Waals surface area contributed by atoms with Crippen LogP contribution in [0.1, 0.15) is 11.1 Å². The molecule has 1 heteroatoms. The van der Waals surface area contributed by atoms with Gasteiger partial charge in [0.25, 0.3) is 0 Å². The van der Waals surface area contributed by atoms with Gasteiger partial charge in [0.05, 0.1) is 0 Å². The third kappa shape index (κ3) is 6.11. The zero-order chi connectivity index (χ0) is 40.2. The summed E-state index contributed by atoms with van der Waals surface area (Å²) < 4.78 is 0. The fourth-order valence-electron chi connectivity index (χ4n) is 9.23. The summed E-state index contributed by atoms with van der Waals surface area (Å²) in [5.41, 5.74) is 12.7. The van der Waals surface area contributed by atoms with Crippen molar-refractivity contribution in [3.63, 3.8) is 0 Å². The second-order valence-electron chi connectivity index (χ2n) is 15.9. The largest absolute Gasteiger partial charge is 0.310 e. The molecule has 0 aliphatic carbocycles. The lowest BCUT2D eigenvalue weighted by Crippen LogP contribution is -2.15. The second kappa shape index (κ2) is 14.6. The molecule has 0 amide bonds. The van der Waals surface area contributed by atoms with Crippen LogP contribution in [0.2, 0.25) is 0 Å². The van der Waals surface area contributed by atoms with Crippen LogP contribution in [0.5, 0.6) is 0 Å². The van der Waals surface area contributed by atoms with E-state index in [4.69, 9.17) is 6.58 Å². The first-order valence-corrected chi connectivity index (χ1v) is 20.7. The van der Waals surface area contributed by atoms with Gasteiger partial charge in [0, 0.05) is 17.1 Å². The van der Waals surface area contributed by atoms with Crippen molar-refractivity contribution >= 4 is 70.9 Å². The number of benzene rings is 11. The van der Waals surface area contributed by atoms with Gasteiger partial charge in [0.15, 0.2) is 0 Å². The zero-order valence-electron chi connectivity index (χ0n) is 33.4. The lowest BCUT2D eigenvalue weighted by Gasteiger charge is -2.29. The van der Waals surface area contributed by atoms with Gasteiger partial charge in [-0.2, -0.15) is 0 Å². The van der Waals surface area contributed by atoms with Crippen LogP contribution in [0.4, 0.5) is 11.4 Å². The Balaban J connectivity index is 1.05. The maximum Gasteiger partial charge on any atom is 0.0490 e.